The van der Waals surface area contributed by atoms with E-state index in [1.807, 2.05) is 43.3 Å². The zero-order chi connectivity index (χ0) is 16.4. The number of nitrogens with zero attached hydrogens (tertiary/aromatic N) is 2. The minimum Gasteiger partial charge on any atom is -0.503 e. The highest BCUT2D eigenvalue weighted by Gasteiger charge is 2.41. The Hall–Kier alpha value is -2.34. The van der Waals surface area contributed by atoms with Crippen molar-refractivity contribution in [3.8, 4) is 0 Å². The van der Waals surface area contributed by atoms with Crippen LogP contribution in [0.25, 0.3) is 0 Å². The van der Waals surface area contributed by atoms with Crippen LogP contribution < -0.4 is 4.90 Å². The van der Waals surface area contributed by atoms with Crippen LogP contribution in [-0.2, 0) is 9.59 Å². The Morgan fingerprint density at radius 1 is 1.27 bits per heavy atom. The zero-order valence-corrected chi connectivity index (χ0v) is 12.9. The van der Waals surface area contributed by atoms with Crippen molar-refractivity contribution in [1.29, 1.82) is 0 Å². The van der Waals surface area contributed by atoms with Crippen LogP contribution in [-0.4, -0.2) is 54.1 Å². The fourth-order valence-electron chi connectivity index (χ4n) is 2.65. The summed E-state index contributed by atoms with van der Waals surface area (Å²) in [5.74, 6) is -1.50. The lowest BCUT2D eigenvalue weighted by Crippen LogP contribution is -2.33. The fraction of sp³-hybridized carbons (Fsp3) is 0.375. The molecular weight excluding hydrogens is 284 g/mol. The monoisotopic (exact) mass is 304 g/mol. The van der Waals surface area contributed by atoms with Crippen molar-refractivity contribution >= 4 is 17.4 Å². The first kappa shape index (κ1) is 16.0. The van der Waals surface area contributed by atoms with Crippen molar-refractivity contribution in [2.75, 3.05) is 32.1 Å². The minimum absolute atomic E-state index is 0.0553. The number of β-amino-alcohol motifs (C(OH)–C–C–N with tert-alkyl or cyclic N) is 1. The van der Waals surface area contributed by atoms with Crippen molar-refractivity contribution in [2.24, 2.45) is 0 Å². The Bertz CT molecular complexity index is 620. The molecule has 118 valence electrons. The number of carbonyl (C=O) groups excluding carboxylic acids is 2. The first-order valence-corrected chi connectivity index (χ1v) is 7.01. The lowest BCUT2D eigenvalue weighted by molar-refractivity contribution is -0.129. The molecule has 1 aliphatic rings. The smallest absolute Gasteiger partial charge is 0.290 e. The molecule has 6 heteroatoms. The van der Waals surface area contributed by atoms with Gasteiger partial charge in [0.1, 0.15) is 0 Å². The number of hydrogen-bond acceptors (Lipinski definition) is 5. The van der Waals surface area contributed by atoms with Crippen LogP contribution in [0.4, 0.5) is 5.69 Å². The number of hydrogen-bond donors (Lipinski definition) is 2. The number of aliphatic hydroxyl groups excluding tert-OH is 2. The third-order valence-corrected chi connectivity index (χ3v) is 3.75. The second-order valence-corrected chi connectivity index (χ2v) is 5.43. The van der Waals surface area contributed by atoms with Crippen LogP contribution in [0.2, 0.25) is 0 Å². The van der Waals surface area contributed by atoms with E-state index in [1.165, 1.54) is 11.8 Å². The number of rotatable bonds is 5. The number of carbonyl (C=O) groups is 2. The molecule has 0 spiro atoms. The largest absolute Gasteiger partial charge is 0.503 e. The molecule has 0 radical (unpaired) electrons. The first-order valence-electron chi connectivity index (χ1n) is 7.01. The molecule has 6 nitrogen and oxygen atoms in total. The lowest BCUT2D eigenvalue weighted by atomic mass is 9.96. The van der Waals surface area contributed by atoms with Gasteiger partial charge in [0.05, 0.1) is 18.2 Å². The highest BCUT2D eigenvalue weighted by Crippen LogP contribution is 2.37. The third-order valence-electron chi connectivity index (χ3n) is 3.75. The molecule has 0 saturated heterocycles. The summed E-state index contributed by atoms with van der Waals surface area (Å²) in [6.07, 6.45) is 0. The van der Waals surface area contributed by atoms with E-state index in [0.29, 0.717) is 0 Å². The average Bonchev–Trinajstić information content (AvgIpc) is 2.72. The third kappa shape index (κ3) is 2.69. The van der Waals surface area contributed by atoms with Crippen LogP contribution in [0.5, 0.6) is 0 Å². The van der Waals surface area contributed by atoms with E-state index >= 15 is 0 Å². The molecule has 0 aliphatic carbocycles. The van der Waals surface area contributed by atoms with Gasteiger partial charge in [-0.1, -0.05) is 12.1 Å². The Morgan fingerprint density at radius 2 is 1.86 bits per heavy atom. The van der Waals surface area contributed by atoms with Gasteiger partial charge >= 0.3 is 0 Å². The van der Waals surface area contributed by atoms with Gasteiger partial charge in [0, 0.05) is 26.3 Å². The summed E-state index contributed by atoms with van der Waals surface area (Å²) in [5.41, 5.74) is 1.79. The van der Waals surface area contributed by atoms with Gasteiger partial charge in [0.25, 0.3) is 5.91 Å². The molecular formula is C16H20N2O4. The van der Waals surface area contributed by atoms with Crippen LogP contribution in [0.1, 0.15) is 18.5 Å². The highest BCUT2D eigenvalue weighted by molar-refractivity contribution is 6.08. The number of ketones is 1. The van der Waals surface area contributed by atoms with Gasteiger partial charge in [-0.15, -0.1) is 0 Å². The normalized spacial score (nSPS) is 18.1. The van der Waals surface area contributed by atoms with E-state index in [4.69, 9.17) is 5.11 Å². The Balaban J connectivity index is 2.47. The average molecular weight is 304 g/mol. The number of anilines is 1. The lowest BCUT2D eigenvalue weighted by Gasteiger charge is -2.26. The second-order valence-electron chi connectivity index (χ2n) is 5.43. The fourth-order valence-corrected chi connectivity index (χ4v) is 2.65. The molecule has 0 saturated carbocycles. The molecule has 1 aromatic carbocycles. The summed E-state index contributed by atoms with van der Waals surface area (Å²) < 4.78 is 0. The number of aliphatic hydroxyl groups is 2. The van der Waals surface area contributed by atoms with Gasteiger partial charge < -0.3 is 20.0 Å². The van der Waals surface area contributed by atoms with Crippen molar-refractivity contribution in [3.05, 3.63) is 41.2 Å². The Morgan fingerprint density at radius 3 is 2.32 bits per heavy atom. The maximum atomic E-state index is 12.1. The molecule has 1 atom stereocenters. The Kier molecular flexibility index (Phi) is 4.51. The molecule has 1 aromatic rings. The van der Waals surface area contributed by atoms with Crippen LogP contribution in [0, 0.1) is 0 Å². The SMILES string of the molecule is CC(=O)C1=C(O)C(=O)N(CCO)[C@@H]1c1ccc(N(C)C)cc1. The van der Waals surface area contributed by atoms with Gasteiger partial charge in [-0.3, -0.25) is 9.59 Å². The summed E-state index contributed by atoms with van der Waals surface area (Å²) in [7, 11) is 3.83. The van der Waals surface area contributed by atoms with Gasteiger partial charge in [-0.25, -0.2) is 0 Å². The van der Waals surface area contributed by atoms with Gasteiger partial charge in [-0.2, -0.15) is 0 Å². The predicted molar refractivity (Wildman–Crippen MR) is 82.6 cm³/mol. The van der Waals surface area contributed by atoms with Crippen LogP contribution in [0.15, 0.2) is 35.6 Å². The van der Waals surface area contributed by atoms with Crippen molar-refractivity contribution in [1.82, 2.24) is 4.90 Å². The van der Waals surface area contributed by atoms with E-state index in [-0.39, 0.29) is 24.5 Å². The zero-order valence-electron chi connectivity index (χ0n) is 12.9. The molecule has 1 aliphatic heterocycles. The second kappa shape index (κ2) is 6.19. The van der Waals surface area contributed by atoms with Crippen LogP contribution >= 0.6 is 0 Å². The molecule has 0 unspecified atom stereocenters. The van der Waals surface area contributed by atoms with Crippen molar-refractivity contribution < 1.29 is 19.8 Å². The molecule has 0 aromatic heterocycles. The maximum Gasteiger partial charge on any atom is 0.290 e. The number of Topliss-reactive ketones (excluding diaryl/α,β-unsaturated/α-hetero) is 1. The standard InChI is InChI=1S/C16H20N2O4/c1-10(20)13-14(18(8-9-19)16(22)15(13)21)11-4-6-12(7-5-11)17(2)3/h4-7,14,19,21H,8-9H2,1-3H3/t14-/m1/s1. The van der Waals surface area contributed by atoms with E-state index in [0.717, 1.165) is 11.3 Å². The van der Waals surface area contributed by atoms with E-state index in [1.54, 1.807) is 0 Å². The van der Waals surface area contributed by atoms with Crippen LogP contribution in [0.3, 0.4) is 0 Å². The molecule has 2 N–H and O–H groups in total. The van der Waals surface area contributed by atoms with Gasteiger partial charge in [0.15, 0.2) is 11.5 Å². The maximum absolute atomic E-state index is 12.1. The topological polar surface area (TPSA) is 81.1 Å². The van der Waals surface area contributed by atoms with E-state index < -0.39 is 17.7 Å². The predicted octanol–water partition coefficient (Wildman–Crippen LogP) is 1.03. The molecule has 2 rings (SSSR count). The molecule has 0 fully saturated rings. The summed E-state index contributed by atoms with van der Waals surface area (Å²) >= 11 is 0. The quantitative estimate of drug-likeness (QED) is 0.849. The summed E-state index contributed by atoms with van der Waals surface area (Å²) in [6, 6.07) is 6.74. The summed E-state index contributed by atoms with van der Waals surface area (Å²) in [4.78, 5) is 27.2. The number of amides is 1. The van der Waals surface area contributed by atoms with Crippen molar-refractivity contribution in [2.45, 2.75) is 13.0 Å². The molecule has 0 bridgehead atoms. The van der Waals surface area contributed by atoms with E-state index in [9.17, 15) is 14.7 Å². The van der Waals surface area contributed by atoms with E-state index in [2.05, 4.69) is 0 Å². The van der Waals surface area contributed by atoms with Gasteiger partial charge in [0.2, 0.25) is 0 Å². The molecule has 22 heavy (non-hydrogen) atoms. The Labute approximate surface area is 129 Å². The summed E-state index contributed by atoms with van der Waals surface area (Å²) in [6.45, 7) is 1.14. The molecule has 1 amide bonds. The molecule has 1 heterocycles. The number of benzene rings is 1. The summed E-state index contributed by atoms with van der Waals surface area (Å²) in [5, 5.41) is 19.1. The first-order chi connectivity index (χ1) is 10.4. The van der Waals surface area contributed by atoms with Crippen molar-refractivity contribution in [3.63, 3.8) is 0 Å². The highest BCUT2D eigenvalue weighted by atomic mass is 16.3. The van der Waals surface area contributed by atoms with Gasteiger partial charge in [-0.05, 0) is 24.6 Å². The minimum atomic E-state index is -0.659.